The Morgan fingerprint density at radius 1 is 1.00 bits per heavy atom. The molecule has 0 fully saturated rings. The molecular formula is C25H35N3O. The minimum Gasteiger partial charge on any atom is -0.480 e. The maximum atomic E-state index is 5.64. The molecule has 156 valence electrons. The number of methoxy groups -OCH3 is 1. The standard InChI is InChI=1S/C25H35N3O/c1-8-10-19(11-9-2)28-15-18(6)24-22(28)14-17(5)23(27-24)20-12-13-21(16(3)4)26-25(20)29-7/h12-16,19H,8-11H2,1-7H3. The molecule has 4 nitrogen and oxygen atoms in total. The highest BCUT2D eigenvalue weighted by atomic mass is 16.5. The molecule has 0 atom stereocenters. The van der Waals surface area contributed by atoms with E-state index >= 15 is 0 Å². The van der Waals surface area contributed by atoms with E-state index in [2.05, 4.69) is 70.5 Å². The third kappa shape index (κ3) is 4.17. The van der Waals surface area contributed by atoms with Crippen molar-refractivity contribution in [2.75, 3.05) is 7.11 Å². The van der Waals surface area contributed by atoms with E-state index in [4.69, 9.17) is 14.7 Å². The highest BCUT2D eigenvalue weighted by Gasteiger charge is 2.19. The quantitative estimate of drug-likeness (QED) is 0.414. The second-order valence-corrected chi connectivity index (χ2v) is 8.42. The Balaban J connectivity index is 2.15. The van der Waals surface area contributed by atoms with Crippen LogP contribution in [-0.2, 0) is 0 Å². The number of rotatable bonds is 8. The fourth-order valence-corrected chi connectivity index (χ4v) is 4.20. The molecule has 0 aliphatic rings. The number of ether oxygens (including phenoxy) is 1. The lowest BCUT2D eigenvalue weighted by Crippen LogP contribution is -2.08. The van der Waals surface area contributed by atoms with E-state index in [1.807, 2.05) is 0 Å². The van der Waals surface area contributed by atoms with Gasteiger partial charge in [0.15, 0.2) is 0 Å². The van der Waals surface area contributed by atoms with Crippen LogP contribution in [0.15, 0.2) is 24.4 Å². The van der Waals surface area contributed by atoms with Gasteiger partial charge in [-0.15, -0.1) is 0 Å². The van der Waals surface area contributed by atoms with E-state index in [9.17, 15) is 0 Å². The first-order valence-electron chi connectivity index (χ1n) is 10.9. The van der Waals surface area contributed by atoms with Gasteiger partial charge in [0.25, 0.3) is 0 Å². The van der Waals surface area contributed by atoms with Crippen molar-refractivity contribution in [1.29, 1.82) is 0 Å². The van der Waals surface area contributed by atoms with Crippen LogP contribution in [0.5, 0.6) is 5.88 Å². The van der Waals surface area contributed by atoms with E-state index in [1.165, 1.54) is 36.8 Å². The van der Waals surface area contributed by atoms with Crippen molar-refractivity contribution in [2.24, 2.45) is 0 Å². The molecule has 3 aromatic rings. The first-order valence-corrected chi connectivity index (χ1v) is 10.9. The molecule has 0 radical (unpaired) electrons. The van der Waals surface area contributed by atoms with E-state index in [0.29, 0.717) is 17.8 Å². The fourth-order valence-electron chi connectivity index (χ4n) is 4.20. The van der Waals surface area contributed by atoms with E-state index in [-0.39, 0.29) is 0 Å². The summed E-state index contributed by atoms with van der Waals surface area (Å²) in [6, 6.07) is 7.02. The summed E-state index contributed by atoms with van der Waals surface area (Å²) in [5.74, 6) is 1.01. The van der Waals surface area contributed by atoms with Crippen LogP contribution in [0.3, 0.4) is 0 Å². The topological polar surface area (TPSA) is 39.9 Å². The Kier molecular flexibility index (Phi) is 6.61. The molecule has 3 rings (SSSR count). The monoisotopic (exact) mass is 393 g/mol. The number of pyridine rings is 2. The van der Waals surface area contributed by atoms with Crippen molar-refractivity contribution in [3.63, 3.8) is 0 Å². The Labute approximate surface area is 175 Å². The molecule has 0 spiro atoms. The summed E-state index contributed by atoms with van der Waals surface area (Å²) in [5.41, 5.74) is 7.65. The van der Waals surface area contributed by atoms with Crippen molar-refractivity contribution in [3.8, 4) is 17.1 Å². The molecule has 0 unspecified atom stereocenters. The molecule has 0 saturated carbocycles. The number of hydrogen-bond donors (Lipinski definition) is 0. The second-order valence-electron chi connectivity index (χ2n) is 8.42. The van der Waals surface area contributed by atoms with Gasteiger partial charge in [-0.3, -0.25) is 0 Å². The van der Waals surface area contributed by atoms with Crippen LogP contribution < -0.4 is 4.74 Å². The Morgan fingerprint density at radius 3 is 2.28 bits per heavy atom. The largest absolute Gasteiger partial charge is 0.480 e. The molecular weight excluding hydrogens is 358 g/mol. The van der Waals surface area contributed by atoms with Gasteiger partial charge >= 0.3 is 0 Å². The average molecular weight is 394 g/mol. The van der Waals surface area contributed by atoms with Crippen molar-refractivity contribution in [2.45, 2.75) is 79.2 Å². The second kappa shape index (κ2) is 8.98. The minimum atomic E-state index is 0.361. The molecule has 0 aromatic carbocycles. The molecule has 4 heteroatoms. The SMILES string of the molecule is CCCC(CCC)n1cc(C)c2nc(-c3ccc(C(C)C)nc3OC)c(C)cc21. The number of aromatic nitrogens is 3. The summed E-state index contributed by atoms with van der Waals surface area (Å²) in [7, 11) is 1.69. The molecule has 0 N–H and O–H groups in total. The van der Waals surface area contributed by atoms with Crippen LogP contribution in [0.1, 0.15) is 82.2 Å². The van der Waals surface area contributed by atoms with Gasteiger partial charge in [-0.25, -0.2) is 9.97 Å². The normalized spacial score (nSPS) is 11.8. The van der Waals surface area contributed by atoms with Gasteiger partial charge in [-0.05, 0) is 61.9 Å². The van der Waals surface area contributed by atoms with Gasteiger partial charge in [0, 0.05) is 17.9 Å². The average Bonchev–Trinajstić information content (AvgIpc) is 3.02. The van der Waals surface area contributed by atoms with Gasteiger partial charge < -0.3 is 9.30 Å². The zero-order valence-electron chi connectivity index (χ0n) is 19.0. The van der Waals surface area contributed by atoms with Gasteiger partial charge in [0.05, 0.1) is 29.4 Å². The predicted octanol–water partition coefficient (Wildman–Crippen LogP) is 6.99. The summed E-state index contributed by atoms with van der Waals surface area (Å²) in [6.07, 6.45) is 7.07. The maximum Gasteiger partial charge on any atom is 0.222 e. The lowest BCUT2D eigenvalue weighted by atomic mass is 10.0. The van der Waals surface area contributed by atoms with Crippen molar-refractivity contribution < 1.29 is 4.74 Å². The third-order valence-electron chi connectivity index (χ3n) is 5.74. The predicted molar refractivity (Wildman–Crippen MR) is 122 cm³/mol. The van der Waals surface area contributed by atoms with E-state index in [1.54, 1.807) is 7.11 Å². The van der Waals surface area contributed by atoms with E-state index in [0.717, 1.165) is 28.0 Å². The van der Waals surface area contributed by atoms with Gasteiger partial charge in [-0.2, -0.15) is 0 Å². The summed E-state index contributed by atoms with van der Waals surface area (Å²) in [5, 5.41) is 0. The first-order chi connectivity index (χ1) is 13.9. The molecule has 0 aliphatic carbocycles. The molecule has 0 amide bonds. The molecule has 29 heavy (non-hydrogen) atoms. The number of nitrogens with zero attached hydrogens (tertiary/aromatic N) is 3. The summed E-state index contributed by atoms with van der Waals surface area (Å²) >= 11 is 0. The first kappa shape index (κ1) is 21.4. The van der Waals surface area contributed by atoms with Crippen LogP contribution in [0, 0.1) is 13.8 Å². The Hall–Kier alpha value is -2.36. The number of aryl methyl sites for hydroxylation is 2. The molecule has 0 aliphatic heterocycles. The Morgan fingerprint density at radius 2 is 1.69 bits per heavy atom. The van der Waals surface area contributed by atoms with Crippen LogP contribution >= 0.6 is 0 Å². The minimum absolute atomic E-state index is 0.361. The lowest BCUT2D eigenvalue weighted by molar-refractivity contribution is 0.397. The van der Waals surface area contributed by atoms with E-state index < -0.39 is 0 Å². The van der Waals surface area contributed by atoms with Crippen molar-refractivity contribution in [1.82, 2.24) is 14.5 Å². The maximum absolute atomic E-state index is 5.64. The molecule has 3 aromatic heterocycles. The molecule has 3 heterocycles. The van der Waals surface area contributed by atoms with Crippen LogP contribution in [-0.4, -0.2) is 21.6 Å². The van der Waals surface area contributed by atoms with Gasteiger partial charge in [0.2, 0.25) is 5.88 Å². The van der Waals surface area contributed by atoms with Crippen molar-refractivity contribution >= 4 is 11.0 Å². The van der Waals surface area contributed by atoms with Crippen molar-refractivity contribution in [3.05, 3.63) is 41.2 Å². The van der Waals surface area contributed by atoms with Gasteiger partial charge in [0.1, 0.15) is 0 Å². The highest BCUT2D eigenvalue weighted by molar-refractivity contribution is 5.85. The summed E-state index contributed by atoms with van der Waals surface area (Å²) in [6.45, 7) is 13.1. The summed E-state index contributed by atoms with van der Waals surface area (Å²) < 4.78 is 8.10. The van der Waals surface area contributed by atoms with Crippen LogP contribution in [0.4, 0.5) is 0 Å². The fraction of sp³-hybridized carbons (Fsp3) is 0.520. The summed E-state index contributed by atoms with van der Waals surface area (Å²) in [4.78, 5) is 9.84. The molecule has 0 saturated heterocycles. The number of hydrogen-bond acceptors (Lipinski definition) is 3. The third-order valence-corrected chi connectivity index (χ3v) is 5.74. The highest BCUT2D eigenvalue weighted by Crippen LogP contribution is 2.35. The zero-order valence-corrected chi connectivity index (χ0v) is 19.0. The lowest BCUT2D eigenvalue weighted by Gasteiger charge is -2.19. The molecule has 0 bridgehead atoms. The Bertz CT molecular complexity index is 981. The number of fused-ring (bicyclic) bond motifs is 1. The van der Waals surface area contributed by atoms with Gasteiger partial charge in [-0.1, -0.05) is 40.5 Å². The van der Waals surface area contributed by atoms with Crippen LogP contribution in [0.25, 0.3) is 22.3 Å². The smallest absolute Gasteiger partial charge is 0.222 e. The zero-order chi connectivity index (χ0) is 21.1. The van der Waals surface area contributed by atoms with Crippen LogP contribution in [0.2, 0.25) is 0 Å².